The summed E-state index contributed by atoms with van der Waals surface area (Å²) >= 11 is 3.52. The molecule has 0 fully saturated rings. The highest BCUT2D eigenvalue weighted by atomic mass is 79.9. The van der Waals surface area contributed by atoms with E-state index in [0.717, 1.165) is 10.0 Å². The van der Waals surface area contributed by atoms with Crippen LogP contribution in [0.25, 0.3) is 0 Å². The summed E-state index contributed by atoms with van der Waals surface area (Å²) in [6.07, 6.45) is 0.0730. The second-order valence-electron chi connectivity index (χ2n) is 4.76. The molecule has 21 heavy (non-hydrogen) atoms. The highest BCUT2D eigenvalue weighted by molar-refractivity contribution is 9.10. The Kier molecular flexibility index (Phi) is 5.00. The summed E-state index contributed by atoms with van der Waals surface area (Å²) in [6.45, 7) is 4.52. The van der Waals surface area contributed by atoms with Gasteiger partial charge >= 0.3 is 0 Å². The Morgan fingerprint density at radius 2 is 2.14 bits per heavy atom. The predicted molar refractivity (Wildman–Crippen MR) is 82.6 cm³/mol. The Morgan fingerprint density at radius 3 is 2.71 bits per heavy atom. The lowest BCUT2D eigenvalue weighted by molar-refractivity contribution is 0.228. The van der Waals surface area contributed by atoms with Gasteiger partial charge in [0, 0.05) is 13.6 Å². The van der Waals surface area contributed by atoms with Crippen molar-refractivity contribution in [3.8, 4) is 11.5 Å². The van der Waals surface area contributed by atoms with Crippen molar-refractivity contribution in [3.63, 3.8) is 0 Å². The number of anilines is 1. The molecule has 1 heterocycles. The second-order valence-corrected chi connectivity index (χ2v) is 5.61. The number of hydrogen-bond acceptors (Lipinski definition) is 6. The second kappa shape index (κ2) is 6.75. The summed E-state index contributed by atoms with van der Waals surface area (Å²) in [5.41, 5.74) is 1.03. The minimum absolute atomic E-state index is 0.0730. The van der Waals surface area contributed by atoms with Gasteiger partial charge in [-0.15, -0.1) is 0 Å². The molecule has 0 aliphatic heterocycles. The molecule has 114 valence electrons. The predicted octanol–water partition coefficient (Wildman–Crippen LogP) is 2.38. The number of nitrogens with one attached hydrogen (secondary N) is 1. The summed E-state index contributed by atoms with van der Waals surface area (Å²) in [4.78, 5) is 0. The number of halogens is 1. The van der Waals surface area contributed by atoms with Crippen molar-refractivity contribution in [3.05, 3.63) is 22.2 Å². The van der Waals surface area contributed by atoms with Gasteiger partial charge in [0.1, 0.15) is 0 Å². The van der Waals surface area contributed by atoms with E-state index in [0.29, 0.717) is 24.0 Å². The van der Waals surface area contributed by atoms with Gasteiger partial charge in [-0.2, -0.15) is 0 Å². The fourth-order valence-electron chi connectivity index (χ4n) is 1.79. The van der Waals surface area contributed by atoms with Crippen LogP contribution in [0.4, 0.5) is 5.95 Å². The van der Waals surface area contributed by atoms with E-state index in [4.69, 9.17) is 9.47 Å². The fourth-order valence-corrected chi connectivity index (χ4v) is 2.37. The van der Waals surface area contributed by atoms with E-state index in [1.807, 2.05) is 26.0 Å². The number of methoxy groups -OCH3 is 1. The van der Waals surface area contributed by atoms with Crippen LogP contribution in [0.3, 0.4) is 0 Å². The van der Waals surface area contributed by atoms with E-state index in [1.54, 1.807) is 18.8 Å². The Bertz CT molecular complexity index is 615. The SMILES string of the molecule is COc1cc(CNc2nnnn2C)cc(Br)c1OC(C)C. The molecule has 0 aliphatic rings. The molecule has 0 atom stereocenters. The standard InChI is InChI=1S/C13H18BrN5O2/c1-8(2)21-12-10(14)5-9(6-11(12)20-4)7-15-13-16-17-18-19(13)3/h5-6,8H,7H2,1-4H3,(H,15,16,18). The maximum Gasteiger partial charge on any atom is 0.242 e. The lowest BCUT2D eigenvalue weighted by Crippen LogP contribution is -2.09. The number of aromatic nitrogens is 4. The molecule has 1 aromatic heterocycles. The van der Waals surface area contributed by atoms with Crippen LogP contribution in [0.5, 0.6) is 11.5 Å². The normalized spacial score (nSPS) is 10.8. The lowest BCUT2D eigenvalue weighted by Gasteiger charge is -2.16. The van der Waals surface area contributed by atoms with Crippen molar-refractivity contribution < 1.29 is 9.47 Å². The molecule has 0 bridgehead atoms. The number of ether oxygens (including phenoxy) is 2. The van der Waals surface area contributed by atoms with Crippen molar-refractivity contribution in [2.45, 2.75) is 26.5 Å². The topological polar surface area (TPSA) is 74.1 Å². The maximum absolute atomic E-state index is 5.76. The minimum Gasteiger partial charge on any atom is -0.493 e. The molecule has 2 rings (SSSR count). The molecule has 0 spiro atoms. The summed E-state index contributed by atoms with van der Waals surface area (Å²) in [6, 6.07) is 3.91. The number of aryl methyl sites for hydroxylation is 1. The van der Waals surface area contributed by atoms with Crippen molar-refractivity contribution in [1.82, 2.24) is 20.2 Å². The zero-order valence-corrected chi connectivity index (χ0v) is 14.0. The number of nitrogens with zero attached hydrogens (tertiary/aromatic N) is 4. The summed E-state index contributed by atoms with van der Waals surface area (Å²) in [7, 11) is 3.40. The van der Waals surface area contributed by atoms with Crippen LogP contribution in [0, 0.1) is 0 Å². The summed E-state index contributed by atoms with van der Waals surface area (Å²) < 4.78 is 13.6. The van der Waals surface area contributed by atoms with Gasteiger partial charge in [-0.05, 0) is 57.9 Å². The van der Waals surface area contributed by atoms with Crippen molar-refractivity contribution in [1.29, 1.82) is 0 Å². The number of rotatable bonds is 6. The first-order valence-corrected chi connectivity index (χ1v) is 7.30. The number of benzene rings is 1. The summed E-state index contributed by atoms with van der Waals surface area (Å²) in [5.74, 6) is 2.00. The van der Waals surface area contributed by atoms with Crippen LogP contribution in [0.15, 0.2) is 16.6 Å². The van der Waals surface area contributed by atoms with Crippen LogP contribution in [-0.2, 0) is 13.6 Å². The van der Waals surface area contributed by atoms with Crippen LogP contribution >= 0.6 is 15.9 Å². The highest BCUT2D eigenvalue weighted by Crippen LogP contribution is 2.37. The maximum atomic E-state index is 5.76. The molecule has 0 saturated heterocycles. The van der Waals surface area contributed by atoms with E-state index in [2.05, 4.69) is 36.8 Å². The highest BCUT2D eigenvalue weighted by Gasteiger charge is 2.13. The Balaban J connectivity index is 2.17. The van der Waals surface area contributed by atoms with Gasteiger partial charge in [-0.3, -0.25) is 0 Å². The molecular weight excluding hydrogens is 338 g/mol. The first kappa shape index (κ1) is 15.6. The zero-order chi connectivity index (χ0) is 15.4. The van der Waals surface area contributed by atoms with Gasteiger partial charge in [0.25, 0.3) is 0 Å². The van der Waals surface area contributed by atoms with Gasteiger partial charge < -0.3 is 14.8 Å². The van der Waals surface area contributed by atoms with Gasteiger partial charge in [0.15, 0.2) is 11.5 Å². The van der Waals surface area contributed by atoms with Crippen molar-refractivity contribution >= 4 is 21.9 Å². The van der Waals surface area contributed by atoms with Crippen LogP contribution in [-0.4, -0.2) is 33.4 Å². The van der Waals surface area contributed by atoms with E-state index < -0.39 is 0 Å². The molecule has 0 amide bonds. The monoisotopic (exact) mass is 355 g/mol. The average Bonchev–Trinajstić information content (AvgIpc) is 2.84. The van der Waals surface area contributed by atoms with E-state index in [-0.39, 0.29) is 6.10 Å². The Labute approximate surface area is 131 Å². The first-order valence-electron chi connectivity index (χ1n) is 6.50. The van der Waals surface area contributed by atoms with Crippen LogP contribution in [0.1, 0.15) is 19.4 Å². The molecule has 0 unspecified atom stereocenters. The van der Waals surface area contributed by atoms with Crippen molar-refractivity contribution in [2.24, 2.45) is 7.05 Å². The van der Waals surface area contributed by atoms with Gasteiger partial charge in [0.05, 0.1) is 17.7 Å². The first-order chi connectivity index (χ1) is 10.0. The molecule has 0 aliphatic carbocycles. The van der Waals surface area contributed by atoms with E-state index in [9.17, 15) is 0 Å². The third-order valence-electron chi connectivity index (χ3n) is 2.71. The van der Waals surface area contributed by atoms with E-state index in [1.165, 1.54) is 0 Å². The molecule has 1 N–H and O–H groups in total. The lowest BCUT2D eigenvalue weighted by atomic mass is 10.2. The van der Waals surface area contributed by atoms with Gasteiger partial charge in [0.2, 0.25) is 5.95 Å². The summed E-state index contributed by atoms with van der Waals surface area (Å²) in [5, 5.41) is 14.4. The minimum atomic E-state index is 0.0730. The molecule has 7 nitrogen and oxygen atoms in total. The van der Waals surface area contributed by atoms with Crippen LogP contribution in [0.2, 0.25) is 0 Å². The van der Waals surface area contributed by atoms with Gasteiger partial charge in [-0.25, -0.2) is 4.68 Å². The molecule has 1 aromatic carbocycles. The smallest absolute Gasteiger partial charge is 0.242 e. The molecule has 0 radical (unpaired) electrons. The third-order valence-corrected chi connectivity index (χ3v) is 3.30. The average molecular weight is 356 g/mol. The number of tetrazole rings is 1. The van der Waals surface area contributed by atoms with Gasteiger partial charge in [-0.1, -0.05) is 5.10 Å². The van der Waals surface area contributed by atoms with E-state index >= 15 is 0 Å². The Morgan fingerprint density at radius 1 is 1.38 bits per heavy atom. The molecule has 0 saturated carbocycles. The van der Waals surface area contributed by atoms with Crippen LogP contribution < -0.4 is 14.8 Å². The quantitative estimate of drug-likeness (QED) is 0.857. The zero-order valence-electron chi connectivity index (χ0n) is 12.4. The molecule has 2 aromatic rings. The molecular formula is C13H18BrN5O2. The molecule has 8 heteroatoms. The number of hydrogen-bond donors (Lipinski definition) is 1. The fraction of sp³-hybridized carbons (Fsp3) is 0.462. The van der Waals surface area contributed by atoms with Crippen molar-refractivity contribution in [2.75, 3.05) is 12.4 Å². The third kappa shape index (κ3) is 3.84. The largest absolute Gasteiger partial charge is 0.493 e. The Hall–Kier alpha value is -1.83.